The third-order valence-corrected chi connectivity index (χ3v) is 7.04. The minimum absolute atomic E-state index is 0.0449. The molecule has 10 nitrogen and oxygen atoms in total. The maximum atomic E-state index is 14.8. The lowest BCUT2D eigenvalue weighted by Crippen LogP contribution is -2.54. The highest BCUT2D eigenvalue weighted by Gasteiger charge is 2.37. The van der Waals surface area contributed by atoms with Crippen LogP contribution in [0, 0.1) is 17.8 Å². The highest BCUT2D eigenvalue weighted by Crippen LogP contribution is 2.33. The first-order valence-corrected chi connectivity index (χ1v) is 12.3. The summed E-state index contributed by atoms with van der Waals surface area (Å²) in [5, 5.41) is 16.4. The van der Waals surface area contributed by atoms with Crippen LogP contribution in [0.25, 0.3) is 0 Å². The lowest BCUT2D eigenvalue weighted by Gasteiger charge is -2.38. The Hall–Kier alpha value is -2.92. The Kier molecular flexibility index (Phi) is 7.46. The second-order valence-electron chi connectivity index (χ2n) is 9.73. The first kappa shape index (κ1) is 25.2. The van der Waals surface area contributed by atoms with Crippen molar-refractivity contribution in [1.82, 2.24) is 35.5 Å². The molecule has 0 radical (unpaired) electrons. The van der Waals surface area contributed by atoms with E-state index in [0.29, 0.717) is 5.92 Å². The Labute approximate surface area is 208 Å². The van der Waals surface area contributed by atoms with Crippen molar-refractivity contribution in [2.45, 2.75) is 71.5 Å². The van der Waals surface area contributed by atoms with E-state index in [4.69, 9.17) is 11.6 Å². The van der Waals surface area contributed by atoms with E-state index in [0.717, 1.165) is 25.7 Å². The van der Waals surface area contributed by atoms with Crippen molar-refractivity contribution < 1.29 is 9.18 Å². The van der Waals surface area contributed by atoms with Crippen LogP contribution in [0.5, 0.6) is 0 Å². The van der Waals surface area contributed by atoms with E-state index in [-0.39, 0.29) is 34.3 Å². The zero-order valence-electron chi connectivity index (χ0n) is 20.3. The molecule has 1 aliphatic carbocycles. The van der Waals surface area contributed by atoms with Gasteiger partial charge in [0.2, 0.25) is 5.91 Å². The van der Waals surface area contributed by atoms with Gasteiger partial charge < -0.3 is 5.32 Å². The zero-order chi connectivity index (χ0) is 25.3. The molecule has 2 aliphatic rings. The molecule has 12 heteroatoms. The van der Waals surface area contributed by atoms with Crippen LogP contribution in [0.1, 0.15) is 65.0 Å². The summed E-state index contributed by atoms with van der Waals surface area (Å²) in [4.78, 5) is 25.7. The van der Waals surface area contributed by atoms with Crippen molar-refractivity contribution >= 4 is 23.2 Å². The minimum atomic E-state index is -0.827. The van der Waals surface area contributed by atoms with Gasteiger partial charge in [-0.3, -0.25) is 24.3 Å². The summed E-state index contributed by atoms with van der Waals surface area (Å²) in [6, 6.07) is 0.463. The molecule has 3 heterocycles. The highest BCUT2D eigenvalue weighted by atomic mass is 35.5. The van der Waals surface area contributed by atoms with Crippen LogP contribution >= 0.6 is 11.6 Å². The molecule has 1 aliphatic heterocycles. The molecule has 0 saturated heterocycles. The average molecular weight is 507 g/mol. The van der Waals surface area contributed by atoms with E-state index >= 15 is 0 Å². The number of H-pyrrole nitrogens is 1. The second-order valence-corrected chi connectivity index (χ2v) is 10.1. The van der Waals surface area contributed by atoms with Crippen LogP contribution in [-0.2, 0) is 4.79 Å². The van der Waals surface area contributed by atoms with Gasteiger partial charge in [0, 0.05) is 24.0 Å². The van der Waals surface area contributed by atoms with E-state index in [1.165, 1.54) is 16.9 Å². The van der Waals surface area contributed by atoms with Crippen molar-refractivity contribution in [2.24, 2.45) is 11.8 Å². The molecule has 1 saturated carbocycles. The SMILES string of the molecule is CC1CCC([C@@H](C(=O)Nc2cn([C@@H](C)c3cc(Cl)n[nH]c3=O)nc2F)N2C=CN(C(C)C)N2)CC1. The Morgan fingerprint density at radius 3 is 2.54 bits per heavy atom. The molecule has 1 fully saturated rings. The van der Waals surface area contributed by atoms with E-state index in [2.05, 4.69) is 33.1 Å². The van der Waals surface area contributed by atoms with Gasteiger partial charge in [-0.25, -0.2) is 5.10 Å². The number of amides is 1. The summed E-state index contributed by atoms with van der Waals surface area (Å²) in [5.74, 6) is -0.397. The van der Waals surface area contributed by atoms with E-state index < -0.39 is 23.6 Å². The summed E-state index contributed by atoms with van der Waals surface area (Å²) in [5.41, 5.74) is 3.05. The number of rotatable bonds is 7. The maximum Gasteiger partial charge on any atom is 0.269 e. The fraction of sp³-hybridized carbons (Fsp3) is 0.565. The Morgan fingerprint density at radius 1 is 1.20 bits per heavy atom. The van der Waals surface area contributed by atoms with Gasteiger partial charge in [0.25, 0.3) is 11.5 Å². The van der Waals surface area contributed by atoms with E-state index in [1.54, 1.807) is 11.9 Å². The van der Waals surface area contributed by atoms with E-state index in [9.17, 15) is 14.0 Å². The van der Waals surface area contributed by atoms with Gasteiger partial charge in [0.05, 0.1) is 12.2 Å². The molecule has 35 heavy (non-hydrogen) atoms. The van der Waals surface area contributed by atoms with Crippen LogP contribution in [0.4, 0.5) is 10.1 Å². The van der Waals surface area contributed by atoms with Crippen LogP contribution in [0.15, 0.2) is 29.5 Å². The van der Waals surface area contributed by atoms with Gasteiger partial charge in [-0.1, -0.05) is 31.4 Å². The Morgan fingerprint density at radius 2 is 1.89 bits per heavy atom. The number of aromatic amines is 1. The average Bonchev–Trinajstić information content (AvgIpc) is 3.44. The van der Waals surface area contributed by atoms with Crippen LogP contribution in [-0.4, -0.2) is 48.0 Å². The van der Waals surface area contributed by atoms with Crippen molar-refractivity contribution in [2.75, 3.05) is 5.32 Å². The Bertz CT molecular complexity index is 1140. The lowest BCUT2D eigenvalue weighted by molar-refractivity contribution is -0.125. The predicted molar refractivity (Wildman–Crippen MR) is 130 cm³/mol. The standard InChI is InChI=1S/C23H32ClFN8O2/c1-13(2)31-9-10-32(30-31)20(16-7-5-14(3)6-8-16)23(35)26-18-12-33(29-21(18)25)15(4)17-11-19(24)27-28-22(17)34/h9-16,20,30H,5-8H2,1-4H3,(H,26,35)(H,28,34)/t14?,15-,16?,20-/m0/s1. The summed E-state index contributed by atoms with van der Waals surface area (Å²) in [6.07, 6.45) is 9.06. The number of anilines is 1. The highest BCUT2D eigenvalue weighted by molar-refractivity contribution is 6.29. The van der Waals surface area contributed by atoms with Crippen LogP contribution < -0.4 is 16.4 Å². The van der Waals surface area contributed by atoms with Crippen molar-refractivity contribution in [3.8, 4) is 0 Å². The van der Waals surface area contributed by atoms with Crippen molar-refractivity contribution in [3.63, 3.8) is 0 Å². The maximum absolute atomic E-state index is 14.8. The van der Waals surface area contributed by atoms with Crippen LogP contribution in [0.3, 0.4) is 0 Å². The molecular formula is C23H32ClFN8O2. The minimum Gasteiger partial charge on any atom is -0.319 e. The molecule has 0 aromatic carbocycles. The number of hydrogen-bond acceptors (Lipinski definition) is 7. The van der Waals surface area contributed by atoms with Crippen LogP contribution in [0.2, 0.25) is 5.15 Å². The number of carbonyl (C=O) groups is 1. The van der Waals surface area contributed by atoms with Crippen molar-refractivity contribution in [1.29, 1.82) is 0 Å². The molecule has 1 amide bonds. The van der Waals surface area contributed by atoms with Gasteiger partial charge in [-0.15, -0.1) is 10.6 Å². The summed E-state index contributed by atoms with van der Waals surface area (Å²) < 4.78 is 16.1. The van der Waals surface area contributed by atoms with Gasteiger partial charge in [0.15, 0.2) is 0 Å². The third-order valence-electron chi connectivity index (χ3n) is 6.84. The number of aromatic nitrogens is 4. The number of halogens is 2. The molecule has 2 aromatic heterocycles. The molecule has 190 valence electrons. The smallest absolute Gasteiger partial charge is 0.269 e. The predicted octanol–water partition coefficient (Wildman–Crippen LogP) is 3.42. The number of hydrazine groups is 2. The third kappa shape index (κ3) is 5.51. The Balaban J connectivity index is 1.55. The largest absolute Gasteiger partial charge is 0.319 e. The van der Waals surface area contributed by atoms with E-state index in [1.807, 2.05) is 31.3 Å². The molecule has 0 unspecified atom stereocenters. The second kappa shape index (κ2) is 10.4. The van der Waals surface area contributed by atoms with Gasteiger partial charge >= 0.3 is 0 Å². The normalized spacial score (nSPS) is 22.0. The van der Waals surface area contributed by atoms with Gasteiger partial charge in [0.1, 0.15) is 16.9 Å². The quantitative estimate of drug-likeness (QED) is 0.527. The fourth-order valence-electron chi connectivity index (χ4n) is 4.66. The number of nitrogens with zero attached hydrogens (tertiary/aromatic N) is 5. The summed E-state index contributed by atoms with van der Waals surface area (Å²) in [7, 11) is 0. The lowest BCUT2D eigenvalue weighted by atomic mass is 9.79. The topological polar surface area (TPSA) is 111 Å². The number of carbonyl (C=O) groups excluding carboxylic acids is 1. The first-order chi connectivity index (χ1) is 16.6. The molecule has 0 bridgehead atoms. The molecule has 2 aromatic rings. The van der Waals surface area contributed by atoms with Gasteiger partial charge in [-0.2, -0.15) is 9.49 Å². The monoisotopic (exact) mass is 506 g/mol. The number of nitrogens with one attached hydrogen (secondary N) is 3. The zero-order valence-corrected chi connectivity index (χ0v) is 21.1. The molecule has 2 atom stereocenters. The molecule has 3 N–H and O–H groups in total. The van der Waals surface area contributed by atoms with Gasteiger partial charge in [-0.05, 0) is 51.5 Å². The summed E-state index contributed by atoms with van der Waals surface area (Å²) >= 11 is 5.90. The molecular weight excluding hydrogens is 475 g/mol. The van der Waals surface area contributed by atoms with Crippen molar-refractivity contribution in [3.05, 3.63) is 51.7 Å². The summed E-state index contributed by atoms with van der Waals surface area (Å²) in [6.45, 7) is 8.00. The molecule has 0 spiro atoms. The first-order valence-electron chi connectivity index (χ1n) is 12.0. The molecule has 4 rings (SSSR count). The number of hydrogen-bond donors (Lipinski definition) is 3. The fourth-order valence-corrected chi connectivity index (χ4v) is 4.82.